The van der Waals surface area contributed by atoms with Gasteiger partial charge in [0.05, 0.1) is 24.7 Å². The van der Waals surface area contributed by atoms with Gasteiger partial charge in [0, 0.05) is 13.2 Å². The Hall–Kier alpha value is -3.67. The number of rotatable bonds is 8. The minimum Gasteiger partial charge on any atom is -0.485 e. The van der Waals surface area contributed by atoms with Gasteiger partial charge in [0.25, 0.3) is 23.3 Å². The van der Waals surface area contributed by atoms with Gasteiger partial charge in [0.2, 0.25) is 0 Å². The molecular weight excluding hydrogens is 377 g/mol. The van der Waals surface area contributed by atoms with E-state index in [0.29, 0.717) is 23.9 Å². The number of ether oxygens (including phenoxy) is 4. The van der Waals surface area contributed by atoms with Crippen molar-refractivity contribution in [3.05, 3.63) is 40.6 Å². The van der Waals surface area contributed by atoms with Crippen molar-refractivity contribution in [1.29, 1.82) is 0 Å². The Bertz CT molecular complexity index is 1020. The highest BCUT2D eigenvalue weighted by atomic mass is 19.1. The number of nitrogens with zero attached hydrogens (tertiary/aromatic N) is 5. The molecular formula is C16H14FN5O6. The molecule has 28 heavy (non-hydrogen) atoms. The maximum Gasteiger partial charge on any atom is 0.290 e. The van der Waals surface area contributed by atoms with Crippen LogP contribution in [0.1, 0.15) is 0 Å². The van der Waals surface area contributed by atoms with Crippen molar-refractivity contribution >= 4 is 16.7 Å². The summed E-state index contributed by atoms with van der Waals surface area (Å²) in [5.41, 5.74) is 0.00794. The van der Waals surface area contributed by atoms with Crippen LogP contribution in [-0.4, -0.2) is 52.3 Å². The summed E-state index contributed by atoms with van der Waals surface area (Å²) >= 11 is 0. The predicted octanol–water partition coefficient (Wildman–Crippen LogP) is 2.29. The lowest BCUT2D eigenvalue weighted by Gasteiger charge is -2.12. The van der Waals surface area contributed by atoms with Crippen LogP contribution in [0.2, 0.25) is 0 Å². The Balaban J connectivity index is 1.97. The van der Waals surface area contributed by atoms with Crippen LogP contribution in [0.25, 0.3) is 11.0 Å². The second-order valence-corrected chi connectivity index (χ2v) is 5.22. The summed E-state index contributed by atoms with van der Waals surface area (Å²) in [6, 6.07) is 2.26. The van der Waals surface area contributed by atoms with Crippen molar-refractivity contribution in [2.45, 2.75) is 0 Å². The standard InChI is InChI=1S/C16H14FN5O6/c1-25-3-4-27-12-6-11-13(21-15(12)26-2)16(20-8-19-11)28-14-10(17)5-9(7-18-14)22(23)24/h5-8H,3-4H2,1-2H3. The van der Waals surface area contributed by atoms with Gasteiger partial charge in [0.15, 0.2) is 17.1 Å². The third-order valence-electron chi connectivity index (χ3n) is 3.44. The van der Waals surface area contributed by atoms with Gasteiger partial charge in [-0.3, -0.25) is 10.1 Å². The summed E-state index contributed by atoms with van der Waals surface area (Å²) < 4.78 is 35.1. The van der Waals surface area contributed by atoms with E-state index in [1.807, 2.05) is 0 Å². The fourth-order valence-corrected chi connectivity index (χ4v) is 2.17. The molecule has 3 aromatic heterocycles. The van der Waals surface area contributed by atoms with Crippen LogP contribution in [0.3, 0.4) is 0 Å². The van der Waals surface area contributed by atoms with Crippen LogP contribution in [0.5, 0.6) is 23.4 Å². The van der Waals surface area contributed by atoms with Crippen molar-refractivity contribution < 1.29 is 28.3 Å². The molecule has 0 aromatic carbocycles. The highest BCUT2D eigenvalue weighted by Crippen LogP contribution is 2.33. The molecule has 0 saturated heterocycles. The zero-order valence-electron chi connectivity index (χ0n) is 14.8. The van der Waals surface area contributed by atoms with Crippen molar-refractivity contribution in [2.24, 2.45) is 0 Å². The average molecular weight is 391 g/mol. The van der Waals surface area contributed by atoms with Crippen molar-refractivity contribution in [3.63, 3.8) is 0 Å². The smallest absolute Gasteiger partial charge is 0.290 e. The summed E-state index contributed by atoms with van der Waals surface area (Å²) in [6.07, 6.45) is 2.06. The van der Waals surface area contributed by atoms with Crippen molar-refractivity contribution in [1.82, 2.24) is 19.9 Å². The van der Waals surface area contributed by atoms with Gasteiger partial charge in [-0.05, 0) is 0 Å². The van der Waals surface area contributed by atoms with Crippen LogP contribution in [0.15, 0.2) is 24.7 Å². The van der Waals surface area contributed by atoms with Gasteiger partial charge in [-0.25, -0.2) is 19.3 Å². The van der Waals surface area contributed by atoms with Crippen molar-refractivity contribution in [3.8, 4) is 23.4 Å². The zero-order chi connectivity index (χ0) is 20.1. The van der Waals surface area contributed by atoms with Crippen LogP contribution in [-0.2, 0) is 4.74 Å². The Morgan fingerprint density at radius 3 is 2.61 bits per heavy atom. The second-order valence-electron chi connectivity index (χ2n) is 5.22. The second kappa shape index (κ2) is 8.35. The number of pyridine rings is 2. The number of aromatic nitrogens is 4. The Kier molecular flexibility index (Phi) is 5.69. The quantitative estimate of drug-likeness (QED) is 0.320. The predicted molar refractivity (Wildman–Crippen MR) is 92.2 cm³/mol. The van der Waals surface area contributed by atoms with Gasteiger partial charge in [0.1, 0.15) is 24.6 Å². The topological polar surface area (TPSA) is 132 Å². The molecule has 0 unspecified atom stereocenters. The van der Waals surface area contributed by atoms with Crippen molar-refractivity contribution in [2.75, 3.05) is 27.4 Å². The molecule has 0 spiro atoms. The Morgan fingerprint density at radius 1 is 1.11 bits per heavy atom. The Morgan fingerprint density at radius 2 is 1.93 bits per heavy atom. The third-order valence-corrected chi connectivity index (χ3v) is 3.44. The van der Waals surface area contributed by atoms with E-state index in [0.717, 1.165) is 6.20 Å². The van der Waals surface area contributed by atoms with E-state index in [9.17, 15) is 14.5 Å². The van der Waals surface area contributed by atoms with Crippen LogP contribution >= 0.6 is 0 Å². The van der Waals surface area contributed by atoms with Gasteiger partial charge in [-0.1, -0.05) is 0 Å². The number of nitro groups is 1. The molecule has 3 rings (SSSR count). The highest BCUT2D eigenvalue weighted by molar-refractivity contribution is 5.81. The van der Waals surface area contributed by atoms with Gasteiger partial charge in [-0.15, -0.1) is 0 Å². The molecule has 0 aliphatic carbocycles. The largest absolute Gasteiger partial charge is 0.485 e. The molecule has 0 radical (unpaired) electrons. The minimum atomic E-state index is -1.02. The van der Waals surface area contributed by atoms with Crippen LogP contribution in [0, 0.1) is 15.9 Å². The van der Waals surface area contributed by atoms with Crippen LogP contribution in [0.4, 0.5) is 10.1 Å². The Labute approximate surface area is 157 Å². The van der Waals surface area contributed by atoms with E-state index in [1.165, 1.54) is 13.4 Å². The first-order valence-corrected chi connectivity index (χ1v) is 7.82. The lowest BCUT2D eigenvalue weighted by molar-refractivity contribution is -0.385. The van der Waals surface area contributed by atoms with E-state index < -0.39 is 22.3 Å². The minimum absolute atomic E-state index is 0.105. The van der Waals surface area contributed by atoms with E-state index in [2.05, 4.69) is 19.9 Å². The van der Waals surface area contributed by atoms with E-state index >= 15 is 0 Å². The fraction of sp³-hybridized carbons (Fsp3) is 0.250. The monoisotopic (exact) mass is 391 g/mol. The van der Waals surface area contributed by atoms with Gasteiger partial charge < -0.3 is 18.9 Å². The molecule has 0 atom stereocenters. The van der Waals surface area contributed by atoms with Gasteiger partial charge >= 0.3 is 0 Å². The molecule has 11 nitrogen and oxygen atoms in total. The lowest BCUT2D eigenvalue weighted by atomic mass is 10.3. The molecule has 3 heterocycles. The molecule has 0 fully saturated rings. The number of methoxy groups -OCH3 is 2. The van der Waals surface area contributed by atoms with E-state index in [1.54, 1.807) is 13.2 Å². The fourth-order valence-electron chi connectivity index (χ4n) is 2.17. The number of halogens is 1. The first-order valence-electron chi connectivity index (χ1n) is 7.82. The molecule has 12 heteroatoms. The third kappa shape index (κ3) is 4.01. The molecule has 0 N–H and O–H groups in total. The first-order chi connectivity index (χ1) is 13.5. The summed E-state index contributed by atoms with van der Waals surface area (Å²) in [6.45, 7) is 0.636. The van der Waals surface area contributed by atoms with Crippen LogP contribution < -0.4 is 14.2 Å². The zero-order valence-corrected chi connectivity index (χ0v) is 14.8. The lowest BCUT2D eigenvalue weighted by Crippen LogP contribution is -2.06. The van der Waals surface area contributed by atoms with E-state index in [4.69, 9.17) is 18.9 Å². The summed E-state index contributed by atoms with van der Waals surface area (Å²) in [5.74, 6) is -1.15. The number of hydrogen-bond donors (Lipinski definition) is 0. The molecule has 146 valence electrons. The van der Waals surface area contributed by atoms with E-state index in [-0.39, 0.29) is 23.9 Å². The number of fused-ring (bicyclic) bond motifs is 1. The molecule has 0 amide bonds. The molecule has 0 aliphatic heterocycles. The number of hydrogen-bond acceptors (Lipinski definition) is 10. The average Bonchev–Trinajstić information content (AvgIpc) is 2.69. The molecule has 0 bridgehead atoms. The summed E-state index contributed by atoms with van der Waals surface area (Å²) in [4.78, 5) is 25.8. The SMILES string of the molecule is COCCOc1cc2ncnc(Oc3ncc([N+](=O)[O-])cc3F)c2nc1OC. The summed E-state index contributed by atoms with van der Waals surface area (Å²) in [7, 11) is 2.95. The maximum atomic E-state index is 14.1. The first kappa shape index (κ1) is 19.1. The maximum absolute atomic E-state index is 14.1. The molecule has 3 aromatic rings. The molecule has 0 saturated carbocycles. The molecule has 0 aliphatic rings. The highest BCUT2D eigenvalue weighted by Gasteiger charge is 2.18. The normalized spacial score (nSPS) is 10.7. The van der Waals surface area contributed by atoms with Gasteiger partial charge in [-0.2, -0.15) is 4.98 Å². The summed E-state index contributed by atoms with van der Waals surface area (Å²) in [5, 5.41) is 10.7.